The van der Waals surface area contributed by atoms with Crippen LogP contribution in [0.3, 0.4) is 0 Å². The number of aryl methyl sites for hydroxylation is 1. The second kappa shape index (κ2) is 10.9. The van der Waals surface area contributed by atoms with E-state index in [0.717, 1.165) is 0 Å². The zero-order valence-electron chi connectivity index (χ0n) is 19.3. The molecule has 0 radical (unpaired) electrons. The molecule has 1 N–H and O–H groups in total. The van der Waals surface area contributed by atoms with E-state index in [2.05, 4.69) is 5.32 Å². The Hall–Kier alpha value is -2.82. The molecule has 9 nitrogen and oxygen atoms in total. The maximum absolute atomic E-state index is 13.2. The summed E-state index contributed by atoms with van der Waals surface area (Å²) in [7, 11) is 0.849. The largest absolute Gasteiger partial charge is 0.496 e. The van der Waals surface area contributed by atoms with Crippen molar-refractivity contribution in [2.45, 2.75) is 24.8 Å². The first-order valence-corrected chi connectivity index (χ1v) is 12.1. The highest BCUT2D eigenvalue weighted by atomic mass is 32.2. The fourth-order valence-electron chi connectivity index (χ4n) is 3.66. The fraction of sp³-hybridized carbons (Fsp3) is 0.435. The number of methoxy groups -OCH3 is 3. The van der Waals surface area contributed by atoms with Gasteiger partial charge < -0.3 is 24.3 Å². The van der Waals surface area contributed by atoms with Gasteiger partial charge >= 0.3 is 0 Å². The molecule has 1 amide bonds. The van der Waals surface area contributed by atoms with E-state index in [9.17, 15) is 13.2 Å². The fourth-order valence-corrected chi connectivity index (χ4v) is 5.39. The van der Waals surface area contributed by atoms with Crippen molar-refractivity contribution < 1.29 is 32.2 Å². The molecular formula is C23H30N2O7S. The van der Waals surface area contributed by atoms with Gasteiger partial charge in [0.1, 0.15) is 5.75 Å². The molecule has 2 aromatic rings. The Morgan fingerprint density at radius 2 is 1.61 bits per heavy atom. The molecule has 2 aromatic carbocycles. The summed E-state index contributed by atoms with van der Waals surface area (Å²) < 4.78 is 49.2. The summed E-state index contributed by atoms with van der Waals surface area (Å²) in [6.45, 7) is 3.34. The lowest BCUT2D eigenvalue weighted by Gasteiger charge is -2.27. The molecule has 0 unspecified atom stereocenters. The van der Waals surface area contributed by atoms with Gasteiger partial charge in [0, 0.05) is 36.8 Å². The maximum Gasteiger partial charge on any atom is 0.251 e. The second-order valence-electron chi connectivity index (χ2n) is 7.39. The number of hydrogen-bond donors (Lipinski definition) is 1. The Balaban J connectivity index is 1.84. The van der Waals surface area contributed by atoms with E-state index in [1.54, 1.807) is 24.3 Å². The predicted molar refractivity (Wildman–Crippen MR) is 123 cm³/mol. The van der Waals surface area contributed by atoms with E-state index in [0.29, 0.717) is 61.1 Å². The van der Waals surface area contributed by atoms with Gasteiger partial charge in [-0.2, -0.15) is 4.31 Å². The number of morpholine rings is 1. The van der Waals surface area contributed by atoms with E-state index in [1.807, 2.05) is 6.92 Å². The summed E-state index contributed by atoms with van der Waals surface area (Å²) in [4.78, 5) is 13.1. The lowest BCUT2D eigenvalue weighted by molar-refractivity contribution is 0.0730. The van der Waals surface area contributed by atoms with Gasteiger partial charge in [0.25, 0.3) is 5.91 Å². The van der Waals surface area contributed by atoms with Crippen LogP contribution < -0.4 is 19.5 Å². The molecular weight excluding hydrogens is 448 g/mol. The number of carbonyl (C=O) groups excluding carboxylic acids is 1. The van der Waals surface area contributed by atoms with Gasteiger partial charge in [-0.3, -0.25) is 4.79 Å². The lowest BCUT2D eigenvalue weighted by atomic mass is 10.1. The van der Waals surface area contributed by atoms with E-state index in [-0.39, 0.29) is 17.0 Å². The Morgan fingerprint density at radius 3 is 2.21 bits per heavy atom. The molecule has 0 spiro atoms. The SMILES string of the molecule is CCc1ccc(C(=O)NCc2cc(OC)c(OC)cc2OC)cc1S(=O)(=O)N1CCOCC1. The number of nitrogens with one attached hydrogen (secondary N) is 1. The van der Waals surface area contributed by atoms with E-state index < -0.39 is 15.9 Å². The number of rotatable bonds is 9. The predicted octanol–water partition coefficient (Wildman–Crippen LogP) is 2.23. The summed E-state index contributed by atoms with van der Waals surface area (Å²) in [5.74, 6) is 1.16. The number of ether oxygens (including phenoxy) is 4. The van der Waals surface area contributed by atoms with Crippen molar-refractivity contribution in [3.8, 4) is 17.2 Å². The molecule has 0 aliphatic carbocycles. The molecule has 1 saturated heterocycles. The van der Waals surface area contributed by atoms with Crippen LogP contribution in [0, 0.1) is 0 Å². The molecule has 0 saturated carbocycles. The number of carbonyl (C=O) groups is 1. The third-order valence-electron chi connectivity index (χ3n) is 5.52. The van der Waals surface area contributed by atoms with Crippen molar-refractivity contribution in [3.05, 3.63) is 47.0 Å². The monoisotopic (exact) mass is 478 g/mol. The molecule has 1 fully saturated rings. The summed E-state index contributed by atoms with van der Waals surface area (Å²) >= 11 is 0. The molecule has 33 heavy (non-hydrogen) atoms. The first kappa shape index (κ1) is 24.8. The molecule has 10 heteroatoms. The van der Waals surface area contributed by atoms with Crippen LogP contribution in [0.2, 0.25) is 0 Å². The zero-order chi connectivity index (χ0) is 24.0. The summed E-state index contributed by atoms with van der Waals surface area (Å²) in [5.41, 5.74) is 1.62. The third kappa shape index (κ3) is 5.40. The van der Waals surface area contributed by atoms with Crippen LogP contribution in [-0.2, 0) is 27.7 Å². The van der Waals surface area contributed by atoms with Crippen molar-refractivity contribution >= 4 is 15.9 Å². The summed E-state index contributed by atoms with van der Waals surface area (Å²) in [6.07, 6.45) is 0.531. The molecule has 1 aliphatic heterocycles. The van der Waals surface area contributed by atoms with Crippen LogP contribution in [-0.4, -0.2) is 66.3 Å². The van der Waals surface area contributed by atoms with E-state index in [4.69, 9.17) is 18.9 Å². The van der Waals surface area contributed by atoms with Crippen LogP contribution >= 0.6 is 0 Å². The van der Waals surface area contributed by atoms with Crippen LogP contribution in [0.25, 0.3) is 0 Å². The van der Waals surface area contributed by atoms with Gasteiger partial charge in [0.05, 0.1) is 39.4 Å². The van der Waals surface area contributed by atoms with Gasteiger partial charge in [-0.05, 0) is 30.2 Å². The number of nitrogens with zero attached hydrogens (tertiary/aromatic N) is 1. The van der Waals surface area contributed by atoms with Crippen molar-refractivity contribution in [3.63, 3.8) is 0 Å². The smallest absolute Gasteiger partial charge is 0.251 e. The van der Waals surface area contributed by atoms with Crippen LogP contribution in [0.1, 0.15) is 28.4 Å². The molecule has 180 valence electrons. The average Bonchev–Trinajstić information content (AvgIpc) is 2.86. The average molecular weight is 479 g/mol. The molecule has 1 aliphatic rings. The molecule has 0 aromatic heterocycles. The van der Waals surface area contributed by atoms with Crippen LogP contribution in [0.5, 0.6) is 17.2 Å². The number of sulfonamides is 1. The van der Waals surface area contributed by atoms with Crippen molar-refractivity contribution in [2.24, 2.45) is 0 Å². The normalized spacial score (nSPS) is 14.5. The molecule has 3 rings (SSSR count). The molecule has 1 heterocycles. The Kier molecular flexibility index (Phi) is 8.17. The van der Waals surface area contributed by atoms with Crippen LogP contribution in [0.15, 0.2) is 35.2 Å². The zero-order valence-corrected chi connectivity index (χ0v) is 20.2. The third-order valence-corrected chi connectivity index (χ3v) is 7.50. The minimum atomic E-state index is -3.73. The van der Waals surface area contributed by atoms with Crippen molar-refractivity contribution in [2.75, 3.05) is 47.6 Å². The van der Waals surface area contributed by atoms with Gasteiger partial charge in [-0.1, -0.05) is 13.0 Å². The van der Waals surface area contributed by atoms with Gasteiger partial charge in [0.15, 0.2) is 11.5 Å². The Morgan fingerprint density at radius 1 is 0.970 bits per heavy atom. The molecule has 0 bridgehead atoms. The van der Waals surface area contributed by atoms with E-state index >= 15 is 0 Å². The molecule has 0 atom stereocenters. The number of benzene rings is 2. The van der Waals surface area contributed by atoms with Crippen molar-refractivity contribution in [1.29, 1.82) is 0 Å². The standard InChI is InChI=1S/C23H30N2O7S/c1-5-16-6-7-17(13-22(16)33(27,28)25-8-10-32-11-9-25)23(26)24-15-18-12-20(30-3)21(31-4)14-19(18)29-2/h6-7,12-14H,5,8-11,15H2,1-4H3,(H,24,26). The van der Waals surface area contributed by atoms with Gasteiger partial charge in [-0.15, -0.1) is 0 Å². The summed E-state index contributed by atoms with van der Waals surface area (Å²) in [6, 6.07) is 8.19. The number of amides is 1. The van der Waals surface area contributed by atoms with Gasteiger partial charge in [0.2, 0.25) is 10.0 Å². The van der Waals surface area contributed by atoms with Gasteiger partial charge in [-0.25, -0.2) is 8.42 Å². The second-order valence-corrected chi connectivity index (χ2v) is 9.30. The highest BCUT2D eigenvalue weighted by molar-refractivity contribution is 7.89. The summed E-state index contributed by atoms with van der Waals surface area (Å²) in [5, 5.41) is 2.83. The Labute approximate surface area is 194 Å². The first-order chi connectivity index (χ1) is 15.8. The topological polar surface area (TPSA) is 103 Å². The minimum Gasteiger partial charge on any atom is -0.496 e. The Bertz CT molecular complexity index is 1100. The van der Waals surface area contributed by atoms with Crippen molar-refractivity contribution in [1.82, 2.24) is 9.62 Å². The number of hydrogen-bond acceptors (Lipinski definition) is 7. The highest BCUT2D eigenvalue weighted by Gasteiger charge is 2.29. The quantitative estimate of drug-likeness (QED) is 0.589. The van der Waals surface area contributed by atoms with Crippen LogP contribution in [0.4, 0.5) is 0 Å². The van der Waals surface area contributed by atoms with E-state index in [1.165, 1.54) is 31.7 Å². The highest BCUT2D eigenvalue weighted by Crippen LogP contribution is 2.34. The minimum absolute atomic E-state index is 0.156. The lowest BCUT2D eigenvalue weighted by Crippen LogP contribution is -2.41. The maximum atomic E-state index is 13.2. The first-order valence-electron chi connectivity index (χ1n) is 10.6.